The molecule has 0 aliphatic carbocycles. The summed E-state index contributed by atoms with van der Waals surface area (Å²) in [5.41, 5.74) is 2.79. The van der Waals surface area contributed by atoms with E-state index in [1.807, 2.05) is 7.05 Å². The number of aliphatic imine (C=N–C) groups is 1. The molecule has 0 aromatic rings. The molecule has 0 atom stereocenters. The third-order valence-electron chi connectivity index (χ3n) is 2.61. The van der Waals surface area contributed by atoms with Gasteiger partial charge in [0.2, 0.25) is 0 Å². The van der Waals surface area contributed by atoms with Crippen LogP contribution in [0.25, 0.3) is 0 Å². The zero-order valence-corrected chi connectivity index (χ0v) is 12.2. The first-order valence-corrected chi connectivity index (χ1v) is 5.95. The van der Waals surface area contributed by atoms with Gasteiger partial charge in [0.15, 0.2) is 0 Å². The van der Waals surface area contributed by atoms with Crippen LogP contribution >= 0.6 is 0 Å². The fourth-order valence-electron chi connectivity index (χ4n) is 1.61. The molecule has 0 rings (SSSR count). The van der Waals surface area contributed by atoms with Gasteiger partial charge in [-0.05, 0) is 0 Å². The van der Waals surface area contributed by atoms with E-state index in [1.54, 1.807) is 0 Å². The van der Waals surface area contributed by atoms with Crippen molar-refractivity contribution in [2.45, 2.75) is 48.5 Å². The van der Waals surface area contributed by atoms with Crippen LogP contribution in [-0.2, 0) is 0 Å². The molecule has 0 saturated heterocycles. The van der Waals surface area contributed by atoms with Gasteiger partial charge in [0.05, 0.1) is 0 Å². The first-order chi connectivity index (χ1) is 7.12. The molecule has 0 amide bonds. The zero-order valence-electron chi connectivity index (χ0n) is 12.2. The Kier molecular flexibility index (Phi) is 5.38. The maximum atomic E-state index is 4.35. The minimum absolute atomic E-state index is 0.113. The average Bonchev–Trinajstić information content (AvgIpc) is 2.08. The fourth-order valence-corrected chi connectivity index (χ4v) is 1.61. The van der Waals surface area contributed by atoms with Crippen LogP contribution in [0.4, 0.5) is 0 Å². The topological polar surface area (TPSA) is 12.4 Å². The van der Waals surface area contributed by atoms with Gasteiger partial charge >= 0.3 is 101 Å². The van der Waals surface area contributed by atoms with E-state index in [-0.39, 0.29) is 10.8 Å². The standard InChI is InChI=1S/C14H26BN/c1-9-11(13(2,3)4)10-15-12(16-8)14(5,6)7/h9-10H,1-8H3/b11-9-,16-12?. The Labute approximate surface area is 102 Å². The van der Waals surface area contributed by atoms with Crippen LogP contribution in [0, 0.1) is 10.8 Å². The molecule has 0 fully saturated rings. The Morgan fingerprint density at radius 2 is 1.50 bits per heavy atom. The van der Waals surface area contributed by atoms with Gasteiger partial charge in [-0.15, -0.1) is 0 Å². The molecule has 0 radical (unpaired) electrons. The van der Waals surface area contributed by atoms with Crippen LogP contribution in [0.15, 0.2) is 16.6 Å². The van der Waals surface area contributed by atoms with Gasteiger partial charge in [0.25, 0.3) is 0 Å². The quantitative estimate of drug-likeness (QED) is 0.497. The predicted molar refractivity (Wildman–Crippen MR) is 77.8 cm³/mol. The van der Waals surface area contributed by atoms with Crippen molar-refractivity contribution in [3.8, 4) is 0 Å². The van der Waals surface area contributed by atoms with Gasteiger partial charge < -0.3 is 0 Å². The van der Waals surface area contributed by atoms with Gasteiger partial charge in [-0.25, -0.2) is 0 Å². The van der Waals surface area contributed by atoms with Gasteiger partial charge in [-0.1, -0.05) is 0 Å². The molecule has 0 unspecified atom stereocenters. The monoisotopic (exact) mass is 219 g/mol. The molecule has 16 heavy (non-hydrogen) atoms. The van der Waals surface area contributed by atoms with Crippen molar-refractivity contribution in [1.82, 2.24) is 0 Å². The van der Waals surface area contributed by atoms with Crippen molar-refractivity contribution in [3.05, 3.63) is 11.6 Å². The normalized spacial score (nSPS) is 15.5. The molecule has 0 aliphatic heterocycles. The third kappa shape index (κ3) is 4.91. The molecule has 0 spiro atoms. The van der Waals surface area contributed by atoms with Gasteiger partial charge in [-0.2, -0.15) is 0 Å². The average molecular weight is 219 g/mol. The molecule has 2 heteroatoms. The number of hydrogen-bond acceptors (Lipinski definition) is 1. The van der Waals surface area contributed by atoms with Crippen LogP contribution < -0.4 is 0 Å². The second kappa shape index (κ2) is 5.61. The second-order valence-electron chi connectivity index (χ2n) is 6.19. The summed E-state index contributed by atoms with van der Waals surface area (Å²) in [6.45, 7) is 17.5. The molecule has 0 heterocycles. The van der Waals surface area contributed by atoms with Crippen molar-refractivity contribution < 1.29 is 0 Å². The van der Waals surface area contributed by atoms with E-state index < -0.39 is 0 Å². The van der Waals surface area contributed by atoms with Crippen LogP contribution in [0.3, 0.4) is 0 Å². The maximum absolute atomic E-state index is 4.35. The Bertz CT molecular complexity index is 277. The summed E-state index contributed by atoms with van der Waals surface area (Å²) in [6.07, 6.45) is 2.17. The summed E-state index contributed by atoms with van der Waals surface area (Å²) in [4.78, 5) is 4.35. The molecule has 90 valence electrons. The fraction of sp³-hybridized carbons (Fsp3) is 0.714. The molecule has 0 aromatic heterocycles. The molecule has 0 bridgehead atoms. The summed E-state index contributed by atoms with van der Waals surface area (Å²) in [7, 11) is 1.86. The number of rotatable bonds is 2. The second-order valence-corrected chi connectivity index (χ2v) is 6.19. The van der Waals surface area contributed by atoms with E-state index in [9.17, 15) is 0 Å². The summed E-state index contributed by atoms with van der Waals surface area (Å²) >= 11 is 0. The van der Waals surface area contributed by atoms with Crippen LogP contribution in [-0.4, -0.2) is 25.5 Å². The molecule has 0 saturated carbocycles. The number of hydrogen-bond donors (Lipinski definition) is 0. The van der Waals surface area contributed by atoms with Crippen molar-refractivity contribution in [1.29, 1.82) is 0 Å². The molecule has 0 aromatic carbocycles. The summed E-state index contributed by atoms with van der Waals surface area (Å²) in [5.74, 6) is 2.19. The minimum atomic E-state index is 0.113. The van der Waals surface area contributed by atoms with Gasteiger partial charge in [0, 0.05) is 0 Å². The Morgan fingerprint density at radius 1 is 1.00 bits per heavy atom. The summed E-state index contributed by atoms with van der Waals surface area (Å²) in [6, 6.07) is 0. The molecule has 0 N–H and O–H groups in total. The molecule has 0 aliphatic rings. The van der Waals surface area contributed by atoms with Crippen LogP contribution in [0.1, 0.15) is 48.5 Å². The Hall–Kier alpha value is -0.655. The van der Waals surface area contributed by atoms with E-state index in [4.69, 9.17) is 0 Å². The van der Waals surface area contributed by atoms with E-state index in [1.165, 1.54) is 5.57 Å². The van der Waals surface area contributed by atoms with Gasteiger partial charge in [-0.3, -0.25) is 0 Å². The van der Waals surface area contributed by atoms with Crippen molar-refractivity contribution in [2.24, 2.45) is 15.8 Å². The first kappa shape index (κ1) is 15.3. The Morgan fingerprint density at radius 3 is 1.75 bits per heavy atom. The van der Waals surface area contributed by atoms with E-state index in [2.05, 4.69) is 72.4 Å². The first-order valence-electron chi connectivity index (χ1n) is 5.95. The van der Waals surface area contributed by atoms with Crippen LogP contribution in [0.2, 0.25) is 0 Å². The summed E-state index contributed by atoms with van der Waals surface area (Å²) < 4.78 is 0. The van der Waals surface area contributed by atoms with Crippen molar-refractivity contribution in [3.63, 3.8) is 0 Å². The predicted octanol–water partition coefficient (Wildman–Crippen LogP) is 3.56. The van der Waals surface area contributed by atoms with Crippen molar-refractivity contribution in [2.75, 3.05) is 7.05 Å². The molecular formula is C14H26BN. The van der Waals surface area contributed by atoms with E-state index in [0.29, 0.717) is 0 Å². The summed E-state index contributed by atoms with van der Waals surface area (Å²) in [5, 5.41) is 0. The SMILES string of the molecule is C/C=C(/C=BC(=NC)C(C)(C)C)C(C)(C)C. The van der Waals surface area contributed by atoms with E-state index >= 15 is 0 Å². The Balaban J connectivity index is 4.99. The van der Waals surface area contributed by atoms with Crippen LogP contribution in [0.5, 0.6) is 0 Å². The van der Waals surface area contributed by atoms with E-state index in [0.717, 1.165) is 5.61 Å². The number of allylic oxidation sites excluding steroid dienone is 2. The molecular weight excluding hydrogens is 193 g/mol. The number of nitrogens with zero attached hydrogens (tertiary/aromatic N) is 1. The third-order valence-corrected chi connectivity index (χ3v) is 2.61. The van der Waals surface area contributed by atoms with Crippen molar-refractivity contribution >= 4 is 18.5 Å². The zero-order chi connectivity index (χ0) is 13.0. The molecule has 1 nitrogen and oxygen atoms in total. The van der Waals surface area contributed by atoms with Gasteiger partial charge in [0.1, 0.15) is 0 Å².